The van der Waals surface area contributed by atoms with Crippen LogP contribution < -0.4 is 11.1 Å². The summed E-state index contributed by atoms with van der Waals surface area (Å²) in [6, 6.07) is 9.62. The zero-order chi connectivity index (χ0) is 15.5. The van der Waals surface area contributed by atoms with E-state index >= 15 is 0 Å². The Labute approximate surface area is 141 Å². The monoisotopic (exact) mass is 339 g/mol. The molecule has 0 fully saturated rings. The summed E-state index contributed by atoms with van der Waals surface area (Å²) in [5.41, 5.74) is 6.89. The Hall–Kier alpha value is -1.43. The highest BCUT2D eigenvalue weighted by atomic mass is 35.5. The highest BCUT2D eigenvalue weighted by Crippen LogP contribution is 2.23. The van der Waals surface area contributed by atoms with Crippen molar-refractivity contribution in [3.63, 3.8) is 0 Å². The number of nitrogens with one attached hydrogen (secondary N) is 1. The molecule has 0 saturated carbocycles. The van der Waals surface area contributed by atoms with Gasteiger partial charge < -0.3 is 11.1 Å². The van der Waals surface area contributed by atoms with Crippen LogP contribution in [0.2, 0.25) is 0 Å². The van der Waals surface area contributed by atoms with Gasteiger partial charge in [-0.2, -0.15) is 0 Å². The van der Waals surface area contributed by atoms with Crippen molar-refractivity contribution in [3.8, 4) is 0 Å². The number of hydrogen-bond acceptors (Lipinski definition) is 4. The van der Waals surface area contributed by atoms with Gasteiger partial charge in [-0.25, -0.2) is 4.98 Å². The van der Waals surface area contributed by atoms with Crippen LogP contribution in [0.4, 0.5) is 5.13 Å². The Balaban J connectivity index is 0.00000242. The molecule has 120 valence electrons. The van der Waals surface area contributed by atoms with Gasteiger partial charge in [-0.15, -0.1) is 23.7 Å². The number of carbonyl (C=O) groups excluding carboxylic acids is 1. The number of benzene rings is 1. The molecule has 0 radical (unpaired) electrons. The molecule has 1 atom stereocenters. The Morgan fingerprint density at radius 2 is 1.95 bits per heavy atom. The Bertz CT molecular complexity index is 607. The minimum absolute atomic E-state index is 0. The topological polar surface area (TPSA) is 68.0 Å². The maximum Gasteiger partial charge on any atom is 0.243 e. The number of halogens is 1. The molecular weight excluding hydrogens is 318 g/mol. The van der Waals surface area contributed by atoms with Gasteiger partial charge >= 0.3 is 0 Å². The summed E-state index contributed by atoms with van der Waals surface area (Å²) in [5, 5.41) is 3.40. The summed E-state index contributed by atoms with van der Waals surface area (Å²) in [5.74, 6) is -0.192. The number of rotatable bonds is 4. The first-order valence-electron chi connectivity index (χ1n) is 6.91. The van der Waals surface area contributed by atoms with E-state index in [0.29, 0.717) is 5.13 Å². The fraction of sp³-hybridized carbons (Fsp3) is 0.375. The molecule has 1 amide bonds. The third kappa shape index (κ3) is 5.09. The molecule has 6 heteroatoms. The third-order valence-corrected chi connectivity index (χ3v) is 4.13. The van der Waals surface area contributed by atoms with Gasteiger partial charge in [0.25, 0.3) is 0 Å². The molecule has 0 aliphatic heterocycles. The van der Waals surface area contributed by atoms with Crippen molar-refractivity contribution >= 4 is 34.8 Å². The molecule has 0 saturated heterocycles. The van der Waals surface area contributed by atoms with Crippen molar-refractivity contribution in [3.05, 3.63) is 47.0 Å². The van der Waals surface area contributed by atoms with E-state index in [0.717, 1.165) is 11.3 Å². The summed E-state index contributed by atoms with van der Waals surface area (Å²) in [6.07, 6.45) is 2.62. The predicted molar refractivity (Wildman–Crippen MR) is 94.7 cm³/mol. The summed E-state index contributed by atoms with van der Waals surface area (Å²) < 4.78 is 0. The zero-order valence-electron chi connectivity index (χ0n) is 13.0. The largest absolute Gasteiger partial charge is 0.319 e. The first-order valence-corrected chi connectivity index (χ1v) is 7.73. The van der Waals surface area contributed by atoms with E-state index in [4.69, 9.17) is 5.73 Å². The lowest BCUT2D eigenvalue weighted by molar-refractivity contribution is -0.119. The second kappa shape index (κ2) is 7.72. The van der Waals surface area contributed by atoms with Crippen LogP contribution in [0, 0.1) is 5.41 Å². The second-order valence-electron chi connectivity index (χ2n) is 6.13. The minimum Gasteiger partial charge on any atom is -0.319 e. The summed E-state index contributed by atoms with van der Waals surface area (Å²) in [7, 11) is 0. The van der Waals surface area contributed by atoms with Gasteiger partial charge in [-0.1, -0.05) is 51.1 Å². The molecule has 1 aromatic carbocycles. The van der Waals surface area contributed by atoms with Crippen LogP contribution in [0.1, 0.15) is 31.2 Å². The lowest BCUT2D eigenvalue weighted by Gasteiger charge is -2.25. The summed E-state index contributed by atoms with van der Waals surface area (Å²) in [6.45, 7) is 5.83. The molecule has 2 rings (SSSR count). The molecule has 0 aliphatic carbocycles. The number of carbonyl (C=O) groups is 1. The molecule has 0 aliphatic rings. The van der Waals surface area contributed by atoms with Gasteiger partial charge in [-0.05, 0) is 11.0 Å². The van der Waals surface area contributed by atoms with Crippen LogP contribution in [0.5, 0.6) is 0 Å². The van der Waals surface area contributed by atoms with Crippen molar-refractivity contribution in [2.45, 2.75) is 33.2 Å². The van der Waals surface area contributed by atoms with Gasteiger partial charge in [0.05, 0.1) is 6.04 Å². The van der Waals surface area contributed by atoms with Crippen LogP contribution in [0.25, 0.3) is 0 Å². The van der Waals surface area contributed by atoms with E-state index in [-0.39, 0.29) is 23.7 Å². The Morgan fingerprint density at radius 1 is 1.32 bits per heavy atom. The van der Waals surface area contributed by atoms with E-state index in [1.54, 1.807) is 6.20 Å². The average Bonchev–Trinajstić information content (AvgIpc) is 2.85. The van der Waals surface area contributed by atoms with Crippen molar-refractivity contribution < 1.29 is 4.79 Å². The molecule has 3 N–H and O–H groups in total. The number of nitrogens with zero attached hydrogens (tertiary/aromatic N) is 1. The van der Waals surface area contributed by atoms with Gasteiger partial charge in [0.2, 0.25) is 5.91 Å². The second-order valence-corrected chi connectivity index (χ2v) is 7.24. The zero-order valence-corrected chi connectivity index (χ0v) is 14.6. The van der Waals surface area contributed by atoms with Gasteiger partial charge in [0.15, 0.2) is 5.13 Å². The van der Waals surface area contributed by atoms with Crippen LogP contribution in [0.3, 0.4) is 0 Å². The predicted octanol–water partition coefficient (Wildman–Crippen LogP) is 3.47. The molecule has 2 aromatic rings. The number of thiazole rings is 1. The molecule has 0 spiro atoms. The Morgan fingerprint density at radius 3 is 2.55 bits per heavy atom. The van der Waals surface area contributed by atoms with E-state index in [2.05, 4.69) is 22.4 Å². The number of aromatic nitrogens is 1. The van der Waals surface area contributed by atoms with E-state index in [1.165, 1.54) is 16.9 Å². The third-order valence-electron chi connectivity index (χ3n) is 3.22. The lowest BCUT2D eigenvalue weighted by atomic mass is 9.87. The normalized spacial score (nSPS) is 12.4. The van der Waals surface area contributed by atoms with Crippen molar-refractivity contribution in [1.82, 2.24) is 4.98 Å². The van der Waals surface area contributed by atoms with E-state index in [1.807, 2.05) is 39.0 Å². The first-order chi connectivity index (χ1) is 9.86. The van der Waals surface area contributed by atoms with Crippen molar-refractivity contribution in [2.75, 3.05) is 5.32 Å². The van der Waals surface area contributed by atoms with E-state index in [9.17, 15) is 4.79 Å². The van der Waals surface area contributed by atoms with Crippen LogP contribution in [-0.2, 0) is 11.2 Å². The maximum atomic E-state index is 12.1. The number of hydrogen-bond donors (Lipinski definition) is 2. The molecule has 0 bridgehead atoms. The molecule has 1 aromatic heterocycles. The number of nitrogens with two attached hydrogens (primary N) is 1. The van der Waals surface area contributed by atoms with Crippen molar-refractivity contribution in [2.24, 2.45) is 11.1 Å². The van der Waals surface area contributed by atoms with Crippen LogP contribution in [0.15, 0.2) is 36.5 Å². The lowest BCUT2D eigenvalue weighted by Crippen LogP contribution is -2.45. The molecule has 0 unspecified atom stereocenters. The van der Waals surface area contributed by atoms with Gasteiger partial charge in [-0.3, -0.25) is 4.79 Å². The summed E-state index contributed by atoms with van der Waals surface area (Å²) in [4.78, 5) is 17.4. The number of amides is 1. The minimum atomic E-state index is -0.557. The maximum absolute atomic E-state index is 12.1. The van der Waals surface area contributed by atoms with Crippen LogP contribution >= 0.6 is 23.7 Å². The van der Waals surface area contributed by atoms with Gasteiger partial charge in [0, 0.05) is 17.5 Å². The molecular formula is C16H22ClN3OS. The Kier molecular flexibility index (Phi) is 6.53. The van der Waals surface area contributed by atoms with Crippen LogP contribution in [-0.4, -0.2) is 16.9 Å². The SMILES string of the molecule is CC(C)(C)[C@H](N)C(=O)Nc1ncc(Cc2ccccc2)s1.Cl. The smallest absolute Gasteiger partial charge is 0.243 e. The number of anilines is 1. The van der Waals surface area contributed by atoms with Crippen molar-refractivity contribution in [1.29, 1.82) is 0 Å². The standard InChI is InChI=1S/C16H21N3OS.ClH/c1-16(2,3)13(17)14(20)19-15-18-10-12(21-15)9-11-7-5-4-6-8-11;/h4-8,10,13H,9,17H2,1-3H3,(H,18,19,20);1H/t13-;/m1./s1. The highest BCUT2D eigenvalue weighted by Gasteiger charge is 2.27. The first kappa shape index (κ1) is 18.6. The molecule has 22 heavy (non-hydrogen) atoms. The fourth-order valence-corrected chi connectivity index (χ4v) is 2.67. The average molecular weight is 340 g/mol. The fourth-order valence-electron chi connectivity index (χ4n) is 1.82. The highest BCUT2D eigenvalue weighted by molar-refractivity contribution is 7.15. The van der Waals surface area contributed by atoms with E-state index < -0.39 is 6.04 Å². The summed E-state index contributed by atoms with van der Waals surface area (Å²) >= 11 is 1.49. The van der Waals surface area contributed by atoms with Gasteiger partial charge in [0.1, 0.15) is 0 Å². The quantitative estimate of drug-likeness (QED) is 0.896. The molecule has 4 nitrogen and oxygen atoms in total. The molecule has 1 heterocycles.